The second-order valence-corrected chi connectivity index (χ2v) is 6.88. The number of hydrogen-bond acceptors (Lipinski definition) is 6. The fourth-order valence-electron chi connectivity index (χ4n) is 2.67. The van der Waals surface area contributed by atoms with Crippen LogP contribution < -0.4 is 5.11 Å². The first kappa shape index (κ1) is 18.9. The Morgan fingerprint density at radius 3 is 2.66 bits per heavy atom. The molecule has 0 saturated heterocycles. The van der Waals surface area contributed by atoms with E-state index in [2.05, 4.69) is 9.98 Å². The molecule has 0 aliphatic carbocycles. The summed E-state index contributed by atoms with van der Waals surface area (Å²) in [6.45, 7) is 0. The highest BCUT2D eigenvalue weighted by Crippen LogP contribution is 2.33. The van der Waals surface area contributed by atoms with Crippen LogP contribution in [0.3, 0.4) is 0 Å². The number of fused-ring (bicyclic) bond motifs is 1. The van der Waals surface area contributed by atoms with Gasteiger partial charge in [-0.1, -0.05) is 35.0 Å². The first-order chi connectivity index (χ1) is 13.9. The number of aliphatic imine (C=N–C) groups is 1. The van der Waals surface area contributed by atoms with Crippen LogP contribution in [-0.4, -0.2) is 16.1 Å². The summed E-state index contributed by atoms with van der Waals surface area (Å²) in [7, 11) is 0. The molecule has 0 unspecified atom stereocenters. The van der Waals surface area contributed by atoms with Gasteiger partial charge in [0.2, 0.25) is 5.89 Å². The number of nitrogens with zero attached hydrogens (tertiary/aromatic N) is 3. The Balaban J connectivity index is 1.67. The minimum Gasteiger partial charge on any atom is -0.872 e. The molecule has 0 radical (unpaired) electrons. The summed E-state index contributed by atoms with van der Waals surface area (Å²) in [6, 6.07) is 13.5. The highest BCUT2D eigenvalue weighted by molar-refractivity contribution is 6.36. The van der Waals surface area contributed by atoms with Gasteiger partial charge in [0.25, 0.3) is 5.69 Å². The lowest BCUT2D eigenvalue weighted by Crippen LogP contribution is -1.98. The van der Waals surface area contributed by atoms with Crippen molar-refractivity contribution in [2.24, 2.45) is 4.99 Å². The van der Waals surface area contributed by atoms with Crippen molar-refractivity contribution in [1.82, 2.24) is 4.98 Å². The molecule has 9 heteroatoms. The molecule has 0 aliphatic heterocycles. The molecule has 29 heavy (non-hydrogen) atoms. The fourth-order valence-corrected chi connectivity index (χ4v) is 3.16. The van der Waals surface area contributed by atoms with Crippen LogP contribution in [0.2, 0.25) is 10.0 Å². The van der Waals surface area contributed by atoms with Crippen molar-refractivity contribution in [3.05, 3.63) is 80.3 Å². The van der Waals surface area contributed by atoms with Crippen molar-refractivity contribution in [2.45, 2.75) is 0 Å². The zero-order valence-corrected chi connectivity index (χ0v) is 16.0. The fraction of sp³-hybridized carbons (Fsp3) is 0. The van der Waals surface area contributed by atoms with Crippen molar-refractivity contribution in [3.63, 3.8) is 0 Å². The van der Waals surface area contributed by atoms with Crippen LogP contribution in [0.5, 0.6) is 5.75 Å². The van der Waals surface area contributed by atoms with Crippen molar-refractivity contribution in [3.8, 4) is 17.2 Å². The molecular weight excluding hydrogens is 417 g/mol. The van der Waals surface area contributed by atoms with E-state index in [4.69, 9.17) is 27.6 Å². The van der Waals surface area contributed by atoms with Gasteiger partial charge in [-0.3, -0.25) is 15.1 Å². The number of rotatable bonds is 4. The van der Waals surface area contributed by atoms with E-state index in [0.29, 0.717) is 38.3 Å². The molecule has 4 rings (SSSR count). The zero-order valence-electron chi connectivity index (χ0n) is 14.5. The Labute approximate surface area is 174 Å². The van der Waals surface area contributed by atoms with Crippen molar-refractivity contribution >= 4 is 51.9 Å². The van der Waals surface area contributed by atoms with E-state index >= 15 is 0 Å². The lowest BCUT2D eigenvalue weighted by atomic mass is 10.2. The Kier molecular flexibility index (Phi) is 4.92. The van der Waals surface area contributed by atoms with Crippen LogP contribution in [0.1, 0.15) is 5.56 Å². The molecular formula is C20H10Cl2N3O4-. The van der Waals surface area contributed by atoms with Crippen molar-refractivity contribution in [2.75, 3.05) is 0 Å². The first-order valence-corrected chi connectivity index (χ1v) is 9.02. The molecule has 0 atom stereocenters. The monoisotopic (exact) mass is 426 g/mol. The predicted octanol–water partition coefficient (Wildman–Crippen LogP) is 5.53. The van der Waals surface area contributed by atoms with Gasteiger partial charge in [0.15, 0.2) is 5.58 Å². The average molecular weight is 427 g/mol. The Hall–Kier alpha value is -3.42. The Morgan fingerprint density at radius 2 is 1.90 bits per heavy atom. The molecule has 0 bridgehead atoms. The molecule has 1 heterocycles. The third kappa shape index (κ3) is 3.91. The largest absolute Gasteiger partial charge is 0.872 e. The summed E-state index contributed by atoms with van der Waals surface area (Å²) in [5.41, 5.74) is 2.12. The number of hydrogen-bond donors (Lipinski definition) is 0. The summed E-state index contributed by atoms with van der Waals surface area (Å²) >= 11 is 12.1. The highest BCUT2D eigenvalue weighted by atomic mass is 35.5. The molecule has 4 aromatic rings. The molecule has 0 N–H and O–H groups in total. The van der Waals surface area contributed by atoms with E-state index in [0.717, 1.165) is 12.1 Å². The van der Waals surface area contributed by atoms with E-state index in [1.54, 1.807) is 36.4 Å². The highest BCUT2D eigenvalue weighted by Gasteiger charge is 2.12. The van der Waals surface area contributed by atoms with Gasteiger partial charge in [0.05, 0.1) is 21.2 Å². The third-order valence-electron chi connectivity index (χ3n) is 4.09. The number of nitro benzene ring substituents is 1. The standard InChI is InChI=1S/C20H11Cl2N3O4/c21-12-1-4-15(16(22)8-12)20-24-17-9-13(2-6-19(17)29-20)23-10-11-7-14(25(27)28)3-5-18(11)26/h1-10,26H/p-1. The topological polar surface area (TPSA) is 105 Å². The summed E-state index contributed by atoms with van der Waals surface area (Å²) in [4.78, 5) is 19.0. The van der Waals surface area contributed by atoms with E-state index in [1.807, 2.05) is 0 Å². The molecule has 144 valence electrons. The molecule has 0 fully saturated rings. The van der Waals surface area contributed by atoms with E-state index < -0.39 is 4.92 Å². The number of nitro groups is 1. The van der Waals surface area contributed by atoms with Crippen LogP contribution in [0, 0.1) is 10.1 Å². The van der Waals surface area contributed by atoms with Gasteiger partial charge in [-0.2, -0.15) is 0 Å². The van der Waals surface area contributed by atoms with Crippen LogP contribution >= 0.6 is 23.2 Å². The number of halogens is 2. The van der Waals surface area contributed by atoms with Gasteiger partial charge < -0.3 is 9.52 Å². The second kappa shape index (κ2) is 7.54. The van der Waals surface area contributed by atoms with Gasteiger partial charge in [-0.25, -0.2) is 4.98 Å². The minimum absolute atomic E-state index is 0.119. The molecule has 3 aromatic carbocycles. The molecule has 0 aliphatic rings. The van der Waals surface area contributed by atoms with Crippen LogP contribution in [0.15, 0.2) is 64.0 Å². The minimum atomic E-state index is -0.568. The predicted molar refractivity (Wildman–Crippen MR) is 109 cm³/mol. The first-order valence-electron chi connectivity index (χ1n) is 8.26. The van der Waals surface area contributed by atoms with Gasteiger partial charge in [-0.15, -0.1) is 0 Å². The number of aromatic nitrogens is 1. The quantitative estimate of drug-likeness (QED) is 0.242. The average Bonchev–Trinajstić information content (AvgIpc) is 3.10. The van der Waals surface area contributed by atoms with Gasteiger partial charge in [0, 0.05) is 23.4 Å². The summed E-state index contributed by atoms with van der Waals surface area (Å²) < 4.78 is 5.74. The SMILES string of the molecule is O=[N+]([O-])c1ccc([O-])c(C=Nc2ccc3oc(-c4ccc(Cl)cc4Cl)nc3c2)c1. The summed E-state index contributed by atoms with van der Waals surface area (Å²) in [5, 5.41) is 23.7. The summed E-state index contributed by atoms with van der Waals surface area (Å²) in [5.74, 6) is -0.0233. The van der Waals surface area contributed by atoms with Crippen LogP contribution in [-0.2, 0) is 0 Å². The normalized spacial score (nSPS) is 11.4. The molecule has 7 nitrogen and oxygen atoms in total. The number of benzene rings is 3. The van der Waals surface area contributed by atoms with Crippen molar-refractivity contribution < 1.29 is 14.4 Å². The smallest absolute Gasteiger partial charge is 0.270 e. The second-order valence-electron chi connectivity index (χ2n) is 6.03. The van der Waals surface area contributed by atoms with Crippen molar-refractivity contribution in [1.29, 1.82) is 0 Å². The Bertz CT molecular complexity index is 1280. The van der Waals surface area contributed by atoms with Crippen LogP contribution in [0.25, 0.3) is 22.6 Å². The molecule has 0 saturated carbocycles. The number of oxazole rings is 1. The number of non-ortho nitro benzene ring substituents is 1. The van der Waals surface area contributed by atoms with E-state index in [9.17, 15) is 15.2 Å². The Morgan fingerprint density at radius 1 is 1.07 bits per heavy atom. The van der Waals surface area contributed by atoms with Crippen LogP contribution in [0.4, 0.5) is 11.4 Å². The zero-order chi connectivity index (χ0) is 20.5. The lowest BCUT2D eigenvalue weighted by molar-refractivity contribution is -0.385. The maximum Gasteiger partial charge on any atom is 0.270 e. The third-order valence-corrected chi connectivity index (χ3v) is 4.64. The van der Waals surface area contributed by atoms with E-state index in [1.165, 1.54) is 12.3 Å². The lowest BCUT2D eigenvalue weighted by Gasteiger charge is -2.08. The molecule has 0 spiro atoms. The van der Waals surface area contributed by atoms with E-state index in [-0.39, 0.29) is 17.0 Å². The molecule has 0 amide bonds. The maximum absolute atomic E-state index is 11.9. The summed E-state index contributed by atoms with van der Waals surface area (Å²) in [6.07, 6.45) is 1.29. The molecule has 1 aromatic heterocycles. The van der Waals surface area contributed by atoms with Gasteiger partial charge >= 0.3 is 0 Å². The maximum atomic E-state index is 11.9. The van der Waals surface area contributed by atoms with Gasteiger partial charge in [0.1, 0.15) is 5.52 Å². The van der Waals surface area contributed by atoms with Gasteiger partial charge in [-0.05, 0) is 42.0 Å².